The number of fused-ring (bicyclic) bond motifs is 1. The lowest BCUT2D eigenvalue weighted by Gasteiger charge is -2.42. The summed E-state index contributed by atoms with van der Waals surface area (Å²) in [5, 5.41) is 10.3. The van der Waals surface area contributed by atoms with Gasteiger partial charge in [-0.2, -0.15) is 0 Å². The summed E-state index contributed by atoms with van der Waals surface area (Å²) in [6.45, 7) is 4.93. The maximum absolute atomic E-state index is 10.3. The minimum Gasteiger partial charge on any atom is -0.391 e. The molecule has 3 heteroatoms. The summed E-state index contributed by atoms with van der Waals surface area (Å²) < 4.78 is 0. The number of hydrogen-bond acceptors (Lipinski definition) is 3. The molecule has 0 bridgehead atoms. The highest BCUT2D eigenvalue weighted by atomic mass is 16.3. The average molecular weight is 238 g/mol. The van der Waals surface area contributed by atoms with Gasteiger partial charge in [0.1, 0.15) is 0 Å². The standard InChI is InChI=1S/C14H26N2O/c17-14-7-3-1-2-6-13(14)16-10-9-15-8-4-5-12(15)11-16/h12-14,17H,1-11H2. The fourth-order valence-electron chi connectivity index (χ4n) is 4.01. The molecule has 3 aliphatic rings. The van der Waals surface area contributed by atoms with Gasteiger partial charge in [-0.1, -0.05) is 19.3 Å². The van der Waals surface area contributed by atoms with Gasteiger partial charge >= 0.3 is 0 Å². The maximum atomic E-state index is 10.3. The third-order valence-corrected chi connectivity index (χ3v) is 5.03. The van der Waals surface area contributed by atoms with E-state index in [9.17, 15) is 5.11 Å². The average Bonchev–Trinajstić information content (AvgIpc) is 2.70. The molecular formula is C14H26N2O. The third kappa shape index (κ3) is 2.51. The summed E-state index contributed by atoms with van der Waals surface area (Å²) in [5.74, 6) is 0. The molecule has 3 rings (SSSR count). The molecule has 0 amide bonds. The molecule has 0 aromatic carbocycles. The lowest BCUT2D eigenvalue weighted by atomic mass is 10.0. The van der Waals surface area contributed by atoms with E-state index >= 15 is 0 Å². The molecule has 0 radical (unpaired) electrons. The molecule has 2 aliphatic heterocycles. The van der Waals surface area contributed by atoms with Crippen LogP contribution in [0, 0.1) is 0 Å². The first-order valence-electron chi connectivity index (χ1n) is 7.51. The molecule has 98 valence electrons. The summed E-state index contributed by atoms with van der Waals surface area (Å²) in [4.78, 5) is 5.25. The molecule has 3 unspecified atom stereocenters. The molecule has 1 N–H and O–H groups in total. The lowest BCUT2D eigenvalue weighted by Crippen LogP contribution is -2.56. The second-order valence-electron chi connectivity index (χ2n) is 6.10. The Labute approximate surface area is 105 Å². The van der Waals surface area contributed by atoms with Gasteiger partial charge in [0.25, 0.3) is 0 Å². The number of piperazine rings is 1. The van der Waals surface area contributed by atoms with Crippen LogP contribution in [-0.4, -0.2) is 59.3 Å². The molecule has 2 heterocycles. The van der Waals surface area contributed by atoms with E-state index in [2.05, 4.69) is 9.80 Å². The number of aliphatic hydroxyl groups excluding tert-OH is 1. The summed E-state index contributed by atoms with van der Waals surface area (Å²) in [6.07, 6.45) is 8.78. The van der Waals surface area contributed by atoms with Gasteiger partial charge < -0.3 is 5.11 Å². The van der Waals surface area contributed by atoms with E-state index in [-0.39, 0.29) is 6.10 Å². The zero-order valence-corrected chi connectivity index (χ0v) is 10.9. The monoisotopic (exact) mass is 238 g/mol. The Morgan fingerprint density at radius 3 is 2.53 bits per heavy atom. The van der Waals surface area contributed by atoms with Gasteiger partial charge in [-0.15, -0.1) is 0 Å². The second-order valence-corrected chi connectivity index (χ2v) is 6.10. The molecule has 3 fully saturated rings. The van der Waals surface area contributed by atoms with Crippen LogP contribution in [0.2, 0.25) is 0 Å². The van der Waals surface area contributed by atoms with Crippen molar-refractivity contribution in [1.82, 2.24) is 9.80 Å². The number of aliphatic hydroxyl groups is 1. The predicted octanol–water partition coefficient (Wildman–Crippen LogP) is 1.46. The fourth-order valence-corrected chi connectivity index (χ4v) is 4.01. The van der Waals surface area contributed by atoms with Gasteiger partial charge in [-0.25, -0.2) is 0 Å². The lowest BCUT2D eigenvalue weighted by molar-refractivity contribution is 0.00372. The van der Waals surface area contributed by atoms with Crippen molar-refractivity contribution in [2.45, 2.75) is 63.1 Å². The SMILES string of the molecule is OC1CCCCCC1N1CCN2CCCC2C1. The Hall–Kier alpha value is -0.120. The van der Waals surface area contributed by atoms with Gasteiger partial charge in [0.05, 0.1) is 6.10 Å². The van der Waals surface area contributed by atoms with Crippen LogP contribution in [0.1, 0.15) is 44.9 Å². The van der Waals surface area contributed by atoms with Gasteiger partial charge in [-0.3, -0.25) is 9.80 Å². The van der Waals surface area contributed by atoms with Crippen molar-refractivity contribution in [3.8, 4) is 0 Å². The van der Waals surface area contributed by atoms with Crippen LogP contribution in [0.3, 0.4) is 0 Å². The summed E-state index contributed by atoms with van der Waals surface area (Å²) in [6, 6.07) is 1.25. The molecule has 2 saturated heterocycles. The van der Waals surface area contributed by atoms with E-state index < -0.39 is 0 Å². The van der Waals surface area contributed by atoms with E-state index in [1.165, 1.54) is 64.7 Å². The highest BCUT2D eigenvalue weighted by molar-refractivity contribution is 4.91. The first-order valence-corrected chi connectivity index (χ1v) is 7.51. The summed E-state index contributed by atoms with van der Waals surface area (Å²) in [7, 11) is 0. The predicted molar refractivity (Wildman–Crippen MR) is 69.0 cm³/mol. The molecule has 0 spiro atoms. The second kappa shape index (κ2) is 5.25. The molecule has 17 heavy (non-hydrogen) atoms. The fraction of sp³-hybridized carbons (Fsp3) is 1.00. The highest BCUT2D eigenvalue weighted by Gasteiger charge is 2.35. The van der Waals surface area contributed by atoms with E-state index in [1.54, 1.807) is 0 Å². The molecular weight excluding hydrogens is 212 g/mol. The van der Waals surface area contributed by atoms with Crippen LogP contribution in [-0.2, 0) is 0 Å². The van der Waals surface area contributed by atoms with Crippen LogP contribution in [0.4, 0.5) is 0 Å². The largest absolute Gasteiger partial charge is 0.391 e. The van der Waals surface area contributed by atoms with Gasteiger partial charge in [0.2, 0.25) is 0 Å². The van der Waals surface area contributed by atoms with Crippen molar-refractivity contribution in [1.29, 1.82) is 0 Å². The number of hydrogen-bond donors (Lipinski definition) is 1. The van der Waals surface area contributed by atoms with Crippen LogP contribution in [0.5, 0.6) is 0 Å². The Balaban J connectivity index is 1.62. The topological polar surface area (TPSA) is 26.7 Å². The molecule has 0 aromatic rings. The first kappa shape index (κ1) is 11.9. The van der Waals surface area contributed by atoms with E-state index in [0.717, 1.165) is 12.5 Å². The zero-order chi connectivity index (χ0) is 11.7. The molecule has 3 atom stereocenters. The number of nitrogens with zero attached hydrogens (tertiary/aromatic N) is 2. The quantitative estimate of drug-likeness (QED) is 0.701. The van der Waals surface area contributed by atoms with Crippen molar-refractivity contribution >= 4 is 0 Å². The van der Waals surface area contributed by atoms with E-state index in [4.69, 9.17) is 0 Å². The normalized spacial score (nSPS) is 41.1. The highest BCUT2D eigenvalue weighted by Crippen LogP contribution is 2.27. The summed E-state index contributed by atoms with van der Waals surface area (Å²) in [5.41, 5.74) is 0. The molecule has 1 aliphatic carbocycles. The van der Waals surface area contributed by atoms with E-state index in [1.807, 2.05) is 0 Å². The minimum atomic E-state index is -0.0644. The molecule has 3 nitrogen and oxygen atoms in total. The Morgan fingerprint density at radius 2 is 1.59 bits per heavy atom. The van der Waals surface area contributed by atoms with Crippen molar-refractivity contribution in [3.05, 3.63) is 0 Å². The van der Waals surface area contributed by atoms with Gasteiger partial charge in [-0.05, 0) is 32.2 Å². The first-order chi connectivity index (χ1) is 8.34. The zero-order valence-electron chi connectivity index (χ0n) is 10.9. The van der Waals surface area contributed by atoms with Crippen LogP contribution >= 0.6 is 0 Å². The Morgan fingerprint density at radius 1 is 0.765 bits per heavy atom. The van der Waals surface area contributed by atoms with Gasteiger partial charge in [0.15, 0.2) is 0 Å². The van der Waals surface area contributed by atoms with Crippen LogP contribution < -0.4 is 0 Å². The minimum absolute atomic E-state index is 0.0644. The van der Waals surface area contributed by atoms with Crippen molar-refractivity contribution in [2.75, 3.05) is 26.2 Å². The maximum Gasteiger partial charge on any atom is 0.0695 e. The molecule has 1 saturated carbocycles. The number of rotatable bonds is 1. The Kier molecular flexibility index (Phi) is 3.69. The smallest absolute Gasteiger partial charge is 0.0695 e. The van der Waals surface area contributed by atoms with E-state index in [0.29, 0.717) is 6.04 Å². The van der Waals surface area contributed by atoms with Crippen molar-refractivity contribution in [3.63, 3.8) is 0 Å². The Bertz CT molecular complexity index is 259. The summed E-state index contributed by atoms with van der Waals surface area (Å²) >= 11 is 0. The van der Waals surface area contributed by atoms with Gasteiger partial charge in [0, 0.05) is 31.7 Å². The third-order valence-electron chi connectivity index (χ3n) is 5.03. The van der Waals surface area contributed by atoms with Crippen molar-refractivity contribution in [2.24, 2.45) is 0 Å². The van der Waals surface area contributed by atoms with Crippen LogP contribution in [0.25, 0.3) is 0 Å². The molecule has 0 aromatic heterocycles. The van der Waals surface area contributed by atoms with Crippen LogP contribution in [0.15, 0.2) is 0 Å². The van der Waals surface area contributed by atoms with Crippen molar-refractivity contribution < 1.29 is 5.11 Å².